The largest absolute Gasteiger partial charge is 0.386 e. The van der Waals surface area contributed by atoms with Gasteiger partial charge in [0.2, 0.25) is 0 Å². The number of hydrogen-bond acceptors (Lipinski definition) is 2. The van der Waals surface area contributed by atoms with E-state index < -0.39 is 0 Å². The summed E-state index contributed by atoms with van der Waals surface area (Å²) in [4.78, 5) is 4.21. The first kappa shape index (κ1) is 10.6. The van der Waals surface area contributed by atoms with E-state index in [1.54, 1.807) is 19.3 Å². The number of nitrogens with zero attached hydrogens (tertiary/aromatic N) is 1. The molecule has 0 amide bonds. The van der Waals surface area contributed by atoms with Gasteiger partial charge in [0, 0.05) is 18.8 Å². The molecule has 3 heteroatoms. The van der Waals surface area contributed by atoms with Gasteiger partial charge in [0.15, 0.2) is 0 Å². The van der Waals surface area contributed by atoms with Crippen molar-refractivity contribution < 1.29 is 4.39 Å². The molecule has 0 aliphatic carbocycles. The van der Waals surface area contributed by atoms with Crippen molar-refractivity contribution in [3.8, 4) is 11.3 Å². The molecule has 1 aromatic heterocycles. The molecule has 16 heavy (non-hydrogen) atoms. The molecule has 0 aliphatic rings. The third-order valence-electron chi connectivity index (χ3n) is 2.46. The second-order valence-electron chi connectivity index (χ2n) is 3.63. The van der Waals surface area contributed by atoms with Crippen molar-refractivity contribution in [2.24, 2.45) is 0 Å². The molecule has 0 saturated heterocycles. The molecule has 0 atom stereocenters. The molecule has 1 heterocycles. The van der Waals surface area contributed by atoms with E-state index in [0.717, 1.165) is 11.3 Å². The summed E-state index contributed by atoms with van der Waals surface area (Å²) in [5.74, 6) is -0.241. The van der Waals surface area contributed by atoms with Crippen molar-refractivity contribution >= 4 is 5.69 Å². The Morgan fingerprint density at radius 3 is 2.75 bits per heavy atom. The maximum absolute atomic E-state index is 13.8. The van der Waals surface area contributed by atoms with Crippen LogP contribution in [-0.2, 0) is 0 Å². The number of nitrogens with one attached hydrogen (secondary N) is 1. The molecule has 0 aliphatic heterocycles. The topological polar surface area (TPSA) is 24.9 Å². The molecule has 0 bridgehead atoms. The van der Waals surface area contributed by atoms with Gasteiger partial charge in [0.25, 0.3) is 0 Å². The molecular formula is C13H13FN2. The lowest BCUT2D eigenvalue weighted by atomic mass is 10.1. The number of rotatable bonds is 2. The Hall–Kier alpha value is -1.90. The highest BCUT2D eigenvalue weighted by atomic mass is 19.1. The number of benzene rings is 1. The van der Waals surface area contributed by atoms with Crippen LogP contribution >= 0.6 is 0 Å². The molecule has 1 aromatic carbocycles. The molecule has 0 spiro atoms. The lowest BCUT2D eigenvalue weighted by Crippen LogP contribution is -1.96. The molecule has 0 fully saturated rings. The minimum Gasteiger partial charge on any atom is -0.386 e. The summed E-state index contributed by atoms with van der Waals surface area (Å²) in [7, 11) is 1.80. The molecule has 2 rings (SSSR count). The molecule has 2 nitrogen and oxygen atoms in total. The van der Waals surface area contributed by atoms with E-state index >= 15 is 0 Å². The van der Waals surface area contributed by atoms with Crippen LogP contribution in [0.3, 0.4) is 0 Å². The Balaban J connectivity index is 2.58. The number of aromatic nitrogens is 1. The fraction of sp³-hybridized carbons (Fsp3) is 0.154. The normalized spacial score (nSPS) is 10.2. The van der Waals surface area contributed by atoms with Crippen LogP contribution in [-0.4, -0.2) is 12.0 Å². The number of pyridine rings is 1. The van der Waals surface area contributed by atoms with Crippen LogP contribution in [0, 0.1) is 12.7 Å². The van der Waals surface area contributed by atoms with Crippen LogP contribution < -0.4 is 5.32 Å². The SMILES string of the molecule is CNc1cccnc1-c1ccc(C)cc1F. The Kier molecular flexibility index (Phi) is 2.86. The average Bonchev–Trinajstić information content (AvgIpc) is 2.29. The summed E-state index contributed by atoms with van der Waals surface area (Å²) in [6.45, 7) is 1.87. The zero-order valence-corrected chi connectivity index (χ0v) is 9.29. The standard InChI is InChI=1S/C13H13FN2/c1-9-5-6-10(11(14)8-9)13-12(15-2)4-3-7-16-13/h3-8,15H,1-2H3. The molecule has 0 saturated carbocycles. The zero-order chi connectivity index (χ0) is 11.5. The van der Waals surface area contributed by atoms with Crippen molar-refractivity contribution in [2.75, 3.05) is 12.4 Å². The number of hydrogen-bond donors (Lipinski definition) is 1. The van der Waals surface area contributed by atoms with Crippen molar-refractivity contribution in [3.05, 3.63) is 47.9 Å². The van der Waals surface area contributed by atoms with Gasteiger partial charge < -0.3 is 5.32 Å². The van der Waals surface area contributed by atoms with Crippen LogP contribution in [0.1, 0.15) is 5.56 Å². The summed E-state index contributed by atoms with van der Waals surface area (Å²) in [5, 5.41) is 3.01. The maximum atomic E-state index is 13.8. The molecule has 82 valence electrons. The average molecular weight is 216 g/mol. The summed E-state index contributed by atoms with van der Waals surface area (Å²) >= 11 is 0. The molecule has 0 radical (unpaired) electrons. The minimum absolute atomic E-state index is 0.241. The van der Waals surface area contributed by atoms with E-state index in [2.05, 4.69) is 10.3 Å². The van der Waals surface area contributed by atoms with Crippen LogP contribution in [0.4, 0.5) is 10.1 Å². The van der Waals surface area contributed by atoms with Crippen molar-refractivity contribution in [2.45, 2.75) is 6.92 Å². The number of halogens is 1. The van der Waals surface area contributed by atoms with Crippen LogP contribution in [0.25, 0.3) is 11.3 Å². The Bertz CT molecular complexity index is 509. The first-order chi connectivity index (χ1) is 7.72. The number of anilines is 1. The van der Waals surface area contributed by atoms with E-state index in [9.17, 15) is 4.39 Å². The third kappa shape index (κ3) is 1.89. The van der Waals surface area contributed by atoms with Crippen molar-refractivity contribution in [3.63, 3.8) is 0 Å². The van der Waals surface area contributed by atoms with Gasteiger partial charge in [-0.2, -0.15) is 0 Å². The Morgan fingerprint density at radius 2 is 2.06 bits per heavy atom. The fourth-order valence-electron chi connectivity index (χ4n) is 1.63. The molecule has 1 N–H and O–H groups in total. The van der Waals surface area contributed by atoms with Crippen molar-refractivity contribution in [1.82, 2.24) is 4.98 Å². The zero-order valence-electron chi connectivity index (χ0n) is 9.29. The van der Waals surface area contributed by atoms with E-state index in [1.807, 2.05) is 25.1 Å². The number of aryl methyl sites for hydroxylation is 1. The van der Waals surface area contributed by atoms with Gasteiger partial charge in [-0.05, 0) is 36.8 Å². The second kappa shape index (κ2) is 4.31. The van der Waals surface area contributed by atoms with Crippen molar-refractivity contribution in [1.29, 1.82) is 0 Å². The smallest absolute Gasteiger partial charge is 0.132 e. The van der Waals surface area contributed by atoms with Gasteiger partial charge in [-0.3, -0.25) is 4.98 Å². The second-order valence-corrected chi connectivity index (χ2v) is 3.63. The lowest BCUT2D eigenvalue weighted by molar-refractivity contribution is 0.629. The van der Waals surface area contributed by atoms with Crippen LogP contribution in [0.2, 0.25) is 0 Å². The Labute approximate surface area is 94.2 Å². The first-order valence-electron chi connectivity index (χ1n) is 5.11. The van der Waals surface area contributed by atoms with E-state index in [0.29, 0.717) is 11.3 Å². The third-order valence-corrected chi connectivity index (χ3v) is 2.46. The molecule has 2 aromatic rings. The van der Waals surface area contributed by atoms with E-state index in [1.165, 1.54) is 6.07 Å². The predicted molar refractivity (Wildman–Crippen MR) is 63.9 cm³/mol. The van der Waals surface area contributed by atoms with Crippen LogP contribution in [0.5, 0.6) is 0 Å². The Morgan fingerprint density at radius 1 is 1.25 bits per heavy atom. The lowest BCUT2D eigenvalue weighted by Gasteiger charge is -2.08. The van der Waals surface area contributed by atoms with Crippen LogP contribution in [0.15, 0.2) is 36.5 Å². The van der Waals surface area contributed by atoms with Gasteiger partial charge in [-0.1, -0.05) is 6.07 Å². The monoisotopic (exact) mass is 216 g/mol. The highest BCUT2D eigenvalue weighted by Gasteiger charge is 2.09. The van der Waals surface area contributed by atoms with Gasteiger partial charge in [-0.15, -0.1) is 0 Å². The summed E-state index contributed by atoms with van der Waals surface area (Å²) in [6, 6.07) is 8.85. The van der Waals surface area contributed by atoms with Gasteiger partial charge in [-0.25, -0.2) is 4.39 Å². The molecule has 0 unspecified atom stereocenters. The van der Waals surface area contributed by atoms with Gasteiger partial charge in [0.1, 0.15) is 5.82 Å². The highest BCUT2D eigenvalue weighted by Crippen LogP contribution is 2.27. The first-order valence-corrected chi connectivity index (χ1v) is 5.11. The summed E-state index contributed by atoms with van der Waals surface area (Å²) in [5.41, 5.74) is 2.89. The van der Waals surface area contributed by atoms with Gasteiger partial charge in [0.05, 0.1) is 11.4 Å². The quantitative estimate of drug-likeness (QED) is 0.833. The van der Waals surface area contributed by atoms with E-state index in [4.69, 9.17) is 0 Å². The highest BCUT2D eigenvalue weighted by molar-refractivity contribution is 5.74. The fourth-order valence-corrected chi connectivity index (χ4v) is 1.63. The maximum Gasteiger partial charge on any atom is 0.132 e. The minimum atomic E-state index is -0.241. The van der Waals surface area contributed by atoms with Gasteiger partial charge >= 0.3 is 0 Å². The predicted octanol–water partition coefficient (Wildman–Crippen LogP) is 3.24. The summed E-state index contributed by atoms with van der Waals surface area (Å²) in [6.07, 6.45) is 1.66. The summed E-state index contributed by atoms with van der Waals surface area (Å²) < 4.78 is 13.8. The van der Waals surface area contributed by atoms with E-state index in [-0.39, 0.29) is 5.82 Å². The molecular weight excluding hydrogens is 203 g/mol.